The van der Waals surface area contributed by atoms with Crippen LogP contribution in [0.1, 0.15) is 32.1 Å². The Bertz CT molecular complexity index is 316. The van der Waals surface area contributed by atoms with Gasteiger partial charge in [0.1, 0.15) is 5.41 Å². The highest BCUT2D eigenvalue weighted by Gasteiger charge is 2.41. The molecule has 0 aromatic carbocycles. The van der Waals surface area contributed by atoms with Crippen LogP contribution in [-0.2, 0) is 15.6 Å². The third-order valence-corrected chi connectivity index (χ3v) is 3.86. The van der Waals surface area contributed by atoms with E-state index in [2.05, 4.69) is 11.4 Å². The molecule has 0 saturated heterocycles. The van der Waals surface area contributed by atoms with Crippen LogP contribution in [0.2, 0.25) is 0 Å². The van der Waals surface area contributed by atoms with E-state index in [0.29, 0.717) is 31.6 Å². The van der Waals surface area contributed by atoms with E-state index in [-0.39, 0.29) is 5.91 Å². The van der Waals surface area contributed by atoms with E-state index in [1.54, 1.807) is 6.26 Å². The van der Waals surface area contributed by atoms with Crippen molar-refractivity contribution >= 4 is 16.7 Å². The molecule has 16 heavy (non-hydrogen) atoms. The second kappa shape index (κ2) is 6.00. The number of rotatable bonds is 5. The normalized spacial score (nSPS) is 20.0. The molecular weight excluding hydrogens is 224 g/mol. The van der Waals surface area contributed by atoms with Crippen molar-refractivity contribution in [2.75, 3.05) is 18.6 Å². The summed E-state index contributed by atoms with van der Waals surface area (Å²) in [5.74, 6) is 0.453. The van der Waals surface area contributed by atoms with Crippen molar-refractivity contribution in [1.29, 1.82) is 5.26 Å². The molecule has 1 rings (SSSR count). The Hall–Kier alpha value is -0.890. The molecule has 4 nitrogen and oxygen atoms in total. The zero-order valence-corrected chi connectivity index (χ0v) is 10.4. The van der Waals surface area contributed by atoms with Gasteiger partial charge in [-0.3, -0.25) is 9.00 Å². The molecule has 1 N–H and O–H groups in total. The van der Waals surface area contributed by atoms with Crippen LogP contribution in [0.5, 0.6) is 0 Å². The van der Waals surface area contributed by atoms with E-state index < -0.39 is 16.2 Å². The monoisotopic (exact) mass is 242 g/mol. The zero-order valence-electron chi connectivity index (χ0n) is 9.62. The summed E-state index contributed by atoms with van der Waals surface area (Å²) in [6.07, 6.45) is 5.62. The molecule has 1 fully saturated rings. The van der Waals surface area contributed by atoms with Gasteiger partial charge in [0.15, 0.2) is 0 Å². The SMILES string of the molecule is CS(=O)CCCNC(=O)C1(C#N)CCCC1. The topological polar surface area (TPSA) is 70.0 Å². The average Bonchev–Trinajstić information content (AvgIpc) is 2.73. The van der Waals surface area contributed by atoms with E-state index in [4.69, 9.17) is 5.26 Å². The minimum Gasteiger partial charge on any atom is -0.355 e. The van der Waals surface area contributed by atoms with Gasteiger partial charge in [0.2, 0.25) is 5.91 Å². The molecule has 1 aliphatic rings. The number of carbonyl (C=O) groups is 1. The maximum Gasteiger partial charge on any atom is 0.240 e. The number of nitrogens with zero attached hydrogens (tertiary/aromatic N) is 1. The maximum atomic E-state index is 11.8. The molecule has 0 spiro atoms. The highest BCUT2D eigenvalue weighted by Crippen LogP contribution is 2.37. The van der Waals surface area contributed by atoms with Crippen LogP contribution in [0, 0.1) is 16.7 Å². The summed E-state index contributed by atoms with van der Waals surface area (Å²) in [6, 6.07) is 2.15. The fraction of sp³-hybridized carbons (Fsp3) is 0.818. The van der Waals surface area contributed by atoms with Gasteiger partial charge in [-0.1, -0.05) is 12.8 Å². The molecule has 90 valence electrons. The molecule has 1 saturated carbocycles. The Labute approximate surface area is 98.9 Å². The van der Waals surface area contributed by atoms with Gasteiger partial charge < -0.3 is 5.32 Å². The first-order valence-corrected chi connectivity index (χ1v) is 7.33. The summed E-state index contributed by atoms with van der Waals surface area (Å²) in [4.78, 5) is 11.8. The van der Waals surface area contributed by atoms with Crippen LogP contribution in [-0.4, -0.2) is 28.7 Å². The van der Waals surface area contributed by atoms with Crippen LogP contribution < -0.4 is 5.32 Å². The molecule has 0 radical (unpaired) electrons. The van der Waals surface area contributed by atoms with Crippen LogP contribution in [0.4, 0.5) is 0 Å². The smallest absolute Gasteiger partial charge is 0.240 e. The minimum absolute atomic E-state index is 0.144. The van der Waals surface area contributed by atoms with E-state index in [1.165, 1.54) is 0 Å². The maximum absolute atomic E-state index is 11.8. The van der Waals surface area contributed by atoms with Crippen molar-refractivity contribution in [1.82, 2.24) is 5.32 Å². The molecule has 1 aliphatic carbocycles. The number of carbonyl (C=O) groups excluding carboxylic acids is 1. The van der Waals surface area contributed by atoms with Crippen molar-refractivity contribution in [3.05, 3.63) is 0 Å². The van der Waals surface area contributed by atoms with Crippen LogP contribution in [0.3, 0.4) is 0 Å². The van der Waals surface area contributed by atoms with Gasteiger partial charge in [-0.2, -0.15) is 5.26 Å². The Morgan fingerprint density at radius 1 is 1.50 bits per heavy atom. The Balaban J connectivity index is 2.34. The summed E-state index contributed by atoms with van der Waals surface area (Å²) in [5, 5.41) is 11.8. The molecule has 1 atom stereocenters. The molecule has 0 aromatic rings. The van der Waals surface area contributed by atoms with E-state index >= 15 is 0 Å². The Morgan fingerprint density at radius 3 is 2.62 bits per heavy atom. The first-order chi connectivity index (χ1) is 7.60. The summed E-state index contributed by atoms with van der Waals surface area (Å²) in [5.41, 5.74) is -0.786. The van der Waals surface area contributed by atoms with Gasteiger partial charge in [-0.05, 0) is 19.3 Å². The molecule has 5 heteroatoms. The quantitative estimate of drug-likeness (QED) is 0.730. The molecule has 0 aromatic heterocycles. The minimum atomic E-state index is -0.811. The molecule has 0 heterocycles. The number of nitrogens with one attached hydrogen (secondary N) is 1. The van der Waals surface area contributed by atoms with Crippen molar-refractivity contribution < 1.29 is 9.00 Å². The Kier molecular flexibility index (Phi) is 4.94. The fourth-order valence-corrected chi connectivity index (χ4v) is 2.57. The van der Waals surface area contributed by atoms with Crippen molar-refractivity contribution in [2.45, 2.75) is 32.1 Å². The summed E-state index contributed by atoms with van der Waals surface area (Å²) >= 11 is 0. The van der Waals surface area contributed by atoms with E-state index in [9.17, 15) is 9.00 Å². The lowest BCUT2D eigenvalue weighted by Crippen LogP contribution is -2.38. The second-order valence-electron chi connectivity index (χ2n) is 4.29. The largest absolute Gasteiger partial charge is 0.355 e. The molecule has 0 bridgehead atoms. The number of amides is 1. The predicted octanol–water partition coefficient (Wildman–Crippen LogP) is 0.955. The van der Waals surface area contributed by atoms with Crippen molar-refractivity contribution in [3.63, 3.8) is 0 Å². The summed E-state index contributed by atoms with van der Waals surface area (Å²) in [7, 11) is -0.811. The van der Waals surface area contributed by atoms with Crippen LogP contribution in [0.25, 0.3) is 0 Å². The Morgan fingerprint density at radius 2 is 2.12 bits per heavy atom. The summed E-state index contributed by atoms with van der Waals surface area (Å²) in [6.45, 7) is 0.516. The highest BCUT2D eigenvalue weighted by atomic mass is 32.2. The zero-order chi connectivity index (χ0) is 12.0. The fourth-order valence-electron chi connectivity index (χ4n) is 2.01. The number of hydrogen-bond acceptors (Lipinski definition) is 3. The predicted molar refractivity (Wildman–Crippen MR) is 63.1 cm³/mol. The molecular formula is C11H18N2O2S. The molecule has 0 aliphatic heterocycles. The van der Waals surface area contributed by atoms with Crippen LogP contribution in [0.15, 0.2) is 0 Å². The van der Waals surface area contributed by atoms with Gasteiger partial charge in [-0.15, -0.1) is 0 Å². The van der Waals surface area contributed by atoms with Crippen LogP contribution >= 0.6 is 0 Å². The first-order valence-electron chi connectivity index (χ1n) is 5.60. The first kappa shape index (κ1) is 13.2. The average molecular weight is 242 g/mol. The van der Waals surface area contributed by atoms with Gasteiger partial charge in [-0.25, -0.2) is 0 Å². The lowest BCUT2D eigenvalue weighted by atomic mass is 9.87. The third-order valence-electron chi connectivity index (χ3n) is 3.00. The lowest BCUT2D eigenvalue weighted by Gasteiger charge is -2.18. The van der Waals surface area contributed by atoms with Crippen molar-refractivity contribution in [3.8, 4) is 6.07 Å². The molecule has 1 amide bonds. The lowest BCUT2D eigenvalue weighted by molar-refractivity contribution is -0.127. The van der Waals surface area contributed by atoms with Gasteiger partial charge in [0.25, 0.3) is 0 Å². The number of hydrogen-bond donors (Lipinski definition) is 1. The van der Waals surface area contributed by atoms with Gasteiger partial charge >= 0.3 is 0 Å². The second-order valence-corrected chi connectivity index (χ2v) is 5.84. The highest BCUT2D eigenvalue weighted by molar-refractivity contribution is 7.84. The van der Waals surface area contributed by atoms with Gasteiger partial charge in [0, 0.05) is 29.4 Å². The van der Waals surface area contributed by atoms with Crippen molar-refractivity contribution in [2.24, 2.45) is 5.41 Å². The van der Waals surface area contributed by atoms with E-state index in [1.807, 2.05) is 0 Å². The van der Waals surface area contributed by atoms with Gasteiger partial charge in [0.05, 0.1) is 6.07 Å². The summed E-state index contributed by atoms with van der Waals surface area (Å²) < 4.78 is 10.8. The van der Waals surface area contributed by atoms with E-state index in [0.717, 1.165) is 12.8 Å². The number of nitriles is 1. The molecule has 1 unspecified atom stereocenters. The third kappa shape index (κ3) is 3.31. The standard InChI is InChI=1S/C11H18N2O2S/c1-16(15)8-4-7-13-10(14)11(9-12)5-2-3-6-11/h2-8H2,1H3,(H,13,14).